The molecule has 1 aliphatic heterocycles. The minimum atomic E-state index is 0. The number of amides is 1. The van der Waals surface area contributed by atoms with Crippen LogP contribution in [0.25, 0.3) is 0 Å². The van der Waals surface area contributed by atoms with E-state index in [1.54, 1.807) is 7.05 Å². The molecule has 0 atom stereocenters. The van der Waals surface area contributed by atoms with Gasteiger partial charge >= 0.3 is 0 Å². The van der Waals surface area contributed by atoms with Gasteiger partial charge in [-0.15, -0.1) is 24.0 Å². The zero-order valence-electron chi connectivity index (χ0n) is 14.1. The van der Waals surface area contributed by atoms with Crippen molar-refractivity contribution in [3.8, 4) is 0 Å². The topological polar surface area (TPSA) is 56.7 Å². The predicted molar refractivity (Wildman–Crippen MR) is 105 cm³/mol. The molecule has 0 aromatic heterocycles. The van der Waals surface area contributed by atoms with Crippen LogP contribution in [0.1, 0.15) is 37.8 Å². The zero-order valence-corrected chi connectivity index (χ0v) is 16.5. The summed E-state index contributed by atoms with van der Waals surface area (Å²) in [5.41, 5.74) is 2.40. The third-order valence-electron chi connectivity index (χ3n) is 3.75. The smallest absolute Gasteiger partial charge is 0.222 e. The molecule has 1 aromatic rings. The first-order valence-electron chi connectivity index (χ1n) is 7.92. The van der Waals surface area contributed by atoms with Gasteiger partial charge in [-0.3, -0.25) is 9.79 Å². The van der Waals surface area contributed by atoms with E-state index in [-0.39, 0.29) is 29.9 Å². The van der Waals surface area contributed by atoms with E-state index in [9.17, 15) is 4.79 Å². The molecule has 1 saturated heterocycles. The molecular weight excluding hydrogens is 403 g/mol. The largest absolute Gasteiger partial charge is 0.354 e. The molecule has 0 unspecified atom stereocenters. The van der Waals surface area contributed by atoms with Crippen LogP contribution in [0.3, 0.4) is 0 Å². The lowest BCUT2D eigenvalue weighted by molar-refractivity contribution is -0.128. The first-order chi connectivity index (χ1) is 10.6. The molecule has 0 spiro atoms. The molecule has 5 nitrogen and oxygen atoms in total. The van der Waals surface area contributed by atoms with Gasteiger partial charge in [0.15, 0.2) is 5.96 Å². The summed E-state index contributed by atoms with van der Waals surface area (Å²) in [5.74, 6) is 1.06. The van der Waals surface area contributed by atoms with Crippen molar-refractivity contribution in [1.82, 2.24) is 15.5 Å². The average molecular weight is 430 g/mol. The number of rotatable bonds is 5. The molecule has 1 fully saturated rings. The molecule has 6 heteroatoms. The number of hydrogen-bond acceptors (Lipinski definition) is 2. The van der Waals surface area contributed by atoms with Gasteiger partial charge in [-0.05, 0) is 31.4 Å². The first kappa shape index (κ1) is 19.7. The van der Waals surface area contributed by atoms with E-state index in [1.807, 2.05) is 17.0 Å². The summed E-state index contributed by atoms with van der Waals surface area (Å²) in [5, 5.41) is 6.60. The molecule has 0 radical (unpaired) electrons. The number of nitrogens with zero attached hydrogens (tertiary/aromatic N) is 2. The highest BCUT2D eigenvalue weighted by Crippen LogP contribution is 2.17. The number of carbonyl (C=O) groups excluding carboxylic acids is 1. The molecule has 0 aliphatic carbocycles. The van der Waals surface area contributed by atoms with E-state index in [1.165, 1.54) is 11.1 Å². The molecule has 128 valence electrons. The highest BCUT2D eigenvalue weighted by atomic mass is 127. The van der Waals surface area contributed by atoms with Crippen LogP contribution in [0.5, 0.6) is 0 Å². The SMILES string of the molecule is CN=C(NCc1ccccc1CN1CCCC1=O)NC(C)C.I. The maximum atomic E-state index is 11.8. The van der Waals surface area contributed by atoms with Crippen LogP contribution in [0.4, 0.5) is 0 Å². The molecule has 23 heavy (non-hydrogen) atoms. The van der Waals surface area contributed by atoms with E-state index in [4.69, 9.17) is 0 Å². The van der Waals surface area contributed by atoms with Gasteiger partial charge in [0.1, 0.15) is 0 Å². The van der Waals surface area contributed by atoms with E-state index in [0.29, 0.717) is 25.6 Å². The minimum absolute atomic E-state index is 0. The normalized spacial score (nSPS) is 14.9. The molecule has 2 N–H and O–H groups in total. The van der Waals surface area contributed by atoms with Crippen LogP contribution in [0.15, 0.2) is 29.3 Å². The number of benzene rings is 1. The van der Waals surface area contributed by atoms with Crippen molar-refractivity contribution in [3.63, 3.8) is 0 Å². The summed E-state index contributed by atoms with van der Waals surface area (Å²) in [4.78, 5) is 18.0. The Morgan fingerprint density at radius 1 is 1.30 bits per heavy atom. The Bertz CT molecular complexity index is 545. The minimum Gasteiger partial charge on any atom is -0.354 e. The van der Waals surface area contributed by atoms with E-state index >= 15 is 0 Å². The summed E-state index contributed by atoms with van der Waals surface area (Å²) in [6, 6.07) is 8.60. The number of nitrogens with one attached hydrogen (secondary N) is 2. The van der Waals surface area contributed by atoms with Crippen LogP contribution in [0, 0.1) is 0 Å². The van der Waals surface area contributed by atoms with Crippen molar-refractivity contribution >= 4 is 35.8 Å². The number of hydrogen-bond donors (Lipinski definition) is 2. The van der Waals surface area contributed by atoms with Crippen LogP contribution in [0.2, 0.25) is 0 Å². The van der Waals surface area contributed by atoms with Crippen molar-refractivity contribution in [2.24, 2.45) is 4.99 Å². The van der Waals surface area contributed by atoms with Gasteiger partial charge in [-0.25, -0.2) is 0 Å². The van der Waals surface area contributed by atoms with E-state index in [0.717, 1.165) is 18.9 Å². The second-order valence-corrected chi connectivity index (χ2v) is 5.91. The molecule has 1 heterocycles. The zero-order chi connectivity index (χ0) is 15.9. The van der Waals surface area contributed by atoms with Crippen LogP contribution in [-0.2, 0) is 17.9 Å². The fraction of sp³-hybridized carbons (Fsp3) is 0.529. The highest BCUT2D eigenvalue weighted by molar-refractivity contribution is 14.0. The van der Waals surface area contributed by atoms with Gasteiger partial charge in [0.05, 0.1) is 0 Å². The van der Waals surface area contributed by atoms with Crippen LogP contribution >= 0.6 is 24.0 Å². The lowest BCUT2D eigenvalue weighted by Gasteiger charge is -2.19. The maximum absolute atomic E-state index is 11.8. The molecule has 2 rings (SSSR count). The van der Waals surface area contributed by atoms with Crippen molar-refractivity contribution in [2.45, 2.75) is 45.8 Å². The van der Waals surface area contributed by atoms with Crippen molar-refractivity contribution in [2.75, 3.05) is 13.6 Å². The predicted octanol–water partition coefficient (Wildman–Crippen LogP) is 2.50. The number of halogens is 1. The molecule has 0 bridgehead atoms. The molecule has 1 amide bonds. The van der Waals surface area contributed by atoms with Crippen molar-refractivity contribution < 1.29 is 4.79 Å². The summed E-state index contributed by atoms with van der Waals surface area (Å²) >= 11 is 0. The lowest BCUT2D eigenvalue weighted by Crippen LogP contribution is -2.40. The molecule has 1 aliphatic rings. The second kappa shape index (κ2) is 9.75. The van der Waals surface area contributed by atoms with E-state index in [2.05, 4.69) is 41.6 Å². The Morgan fingerprint density at radius 2 is 2.00 bits per heavy atom. The summed E-state index contributed by atoms with van der Waals surface area (Å²) in [6.45, 7) is 6.44. The fourth-order valence-electron chi connectivity index (χ4n) is 2.61. The number of likely N-dealkylation sites (tertiary alicyclic amines) is 1. The number of carbonyl (C=O) groups is 1. The van der Waals surface area contributed by atoms with Crippen molar-refractivity contribution in [1.29, 1.82) is 0 Å². The third kappa shape index (κ3) is 6.01. The molecule has 1 aromatic carbocycles. The monoisotopic (exact) mass is 430 g/mol. The molecular formula is C17H27IN4O. The number of guanidine groups is 1. The Morgan fingerprint density at radius 3 is 2.57 bits per heavy atom. The Kier molecular flexibility index (Phi) is 8.36. The van der Waals surface area contributed by atoms with Gasteiger partial charge in [-0.2, -0.15) is 0 Å². The van der Waals surface area contributed by atoms with E-state index < -0.39 is 0 Å². The Hall–Kier alpha value is -1.31. The van der Waals surface area contributed by atoms with Gasteiger partial charge in [0.25, 0.3) is 0 Å². The fourth-order valence-corrected chi connectivity index (χ4v) is 2.61. The molecule has 0 saturated carbocycles. The summed E-state index contributed by atoms with van der Waals surface area (Å²) < 4.78 is 0. The van der Waals surface area contributed by atoms with Gasteiger partial charge in [0.2, 0.25) is 5.91 Å². The second-order valence-electron chi connectivity index (χ2n) is 5.91. The quantitative estimate of drug-likeness (QED) is 0.429. The maximum Gasteiger partial charge on any atom is 0.222 e. The average Bonchev–Trinajstić information content (AvgIpc) is 2.89. The standard InChI is InChI=1S/C17H26N4O.HI/c1-13(2)20-17(18-3)19-11-14-7-4-5-8-15(14)12-21-10-6-9-16(21)22;/h4-5,7-8,13H,6,9-12H2,1-3H3,(H2,18,19,20);1H. The first-order valence-corrected chi connectivity index (χ1v) is 7.92. The third-order valence-corrected chi connectivity index (χ3v) is 3.75. The Labute approximate surface area is 156 Å². The van der Waals surface area contributed by atoms with Crippen molar-refractivity contribution in [3.05, 3.63) is 35.4 Å². The number of aliphatic imine (C=N–C) groups is 1. The van der Waals surface area contributed by atoms with Gasteiger partial charge in [0, 0.05) is 39.1 Å². The Balaban J connectivity index is 0.00000264. The van der Waals surface area contributed by atoms with Gasteiger partial charge in [-0.1, -0.05) is 24.3 Å². The highest BCUT2D eigenvalue weighted by Gasteiger charge is 2.20. The van der Waals surface area contributed by atoms with Gasteiger partial charge < -0.3 is 15.5 Å². The van der Waals surface area contributed by atoms with Crippen LogP contribution < -0.4 is 10.6 Å². The van der Waals surface area contributed by atoms with Crippen LogP contribution in [-0.4, -0.2) is 36.4 Å². The summed E-state index contributed by atoms with van der Waals surface area (Å²) in [6.07, 6.45) is 1.66. The summed E-state index contributed by atoms with van der Waals surface area (Å²) in [7, 11) is 1.77. The lowest BCUT2D eigenvalue weighted by atomic mass is 10.1.